The van der Waals surface area contributed by atoms with Crippen molar-refractivity contribution in [1.29, 1.82) is 5.26 Å². The van der Waals surface area contributed by atoms with Gasteiger partial charge in [0.2, 0.25) is 0 Å². The number of carbonyl (C=O) groups is 2. The summed E-state index contributed by atoms with van der Waals surface area (Å²) < 4.78 is 16.5. The molecule has 2 amide bonds. The van der Waals surface area contributed by atoms with Crippen LogP contribution in [-0.2, 0) is 19.0 Å². The number of anilines is 1. The van der Waals surface area contributed by atoms with E-state index >= 15 is 0 Å². The number of nitrogens with one attached hydrogen (secondary N) is 2. The normalized spacial score (nSPS) is 30.9. The van der Waals surface area contributed by atoms with E-state index in [9.17, 15) is 14.7 Å². The predicted molar refractivity (Wildman–Crippen MR) is 108 cm³/mol. The summed E-state index contributed by atoms with van der Waals surface area (Å²) in [5.74, 6) is -0.363. The Labute approximate surface area is 180 Å². The summed E-state index contributed by atoms with van der Waals surface area (Å²) in [4.78, 5) is 26.4. The van der Waals surface area contributed by atoms with Gasteiger partial charge in [-0.1, -0.05) is 6.07 Å². The first-order valence-electron chi connectivity index (χ1n) is 10.3. The molecule has 31 heavy (non-hydrogen) atoms. The van der Waals surface area contributed by atoms with Gasteiger partial charge in [0.05, 0.1) is 49.5 Å². The Bertz CT molecular complexity index is 866. The Hall–Kier alpha value is -2.71. The molecule has 3 aliphatic heterocycles. The minimum absolute atomic E-state index is 0.149. The number of nitriles is 1. The van der Waals surface area contributed by atoms with Gasteiger partial charge in [-0.3, -0.25) is 9.69 Å². The lowest BCUT2D eigenvalue weighted by Gasteiger charge is -2.45. The summed E-state index contributed by atoms with van der Waals surface area (Å²) in [6.45, 7) is 1.45. The van der Waals surface area contributed by atoms with Crippen LogP contribution in [0.25, 0.3) is 0 Å². The Morgan fingerprint density at radius 3 is 2.81 bits per heavy atom. The SMILES string of the molecule is COC(=O)C1CCN([C@H]2[C@@H]3OC[C@@H](O3)[C@@H](NC(=O)Nc3cccc(C#N)c3)[C@@H]2O)CC1. The number of ether oxygens (including phenoxy) is 3. The van der Waals surface area contributed by atoms with Gasteiger partial charge in [0.25, 0.3) is 0 Å². The Morgan fingerprint density at radius 2 is 2.10 bits per heavy atom. The number of amides is 2. The minimum atomic E-state index is -0.905. The molecule has 3 saturated heterocycles. The molecule has 0 unspecified atom stereocenters. The second-order valence-electron chi connectivity index (χ2n) is 8.01. The largest absolute Gasteiger partial charge is 0.469 e. The van der Waals surface area contributed by atoms with Gasteiger partial charge < -0.3 is 30.0 Å². The highest BCUT2D eigenvalue weighted by Gasteiger charge is 2.53. The van der Waals surface area contributed by atoms with Crippen LogP contribution < -0.4 is 10.6 Å². The fourth-order valence-electron chi connectivity index (χ4n) is 4.55. The second-order valence-corrected chi connectivity index (χ2v) is 8.01. The summed E-state index contributed by atoms with van der Waals surface area (Å²) in [5.41, 5.74) is 0.908. The molecule has 3 fully saturated rings. The van der Waals surface area contributed by atoms with Gasteiger partial charge in [-0.15, -0.1) is 0 Å². The first kappa shape index (κ1) is 21.5. The Morgan fingerprint density at radius 1 is 1.32 bits per heavy atom. The highest BCUT2D eigenvalue weighted by molar-refractivity contribution is 5.89. The van der Waals surface area contributed by atoms with Crippen molar-refractivity contribution in [2.24, 2.45) is 5.92 Å². The van der Waals surface area contributed by atoms with Crippen molar-refractivity contribution < 1.29 is 28.9 Å². The molecule has 2 bridgehead atoms. The lowest BCUT2D eigenvalue weighted by molar-refractivity contribution is -0.185. The highest BCUT2D eigenvalue weighted by atomic mass is 16.7. The average Bonchev–Trinajstić information content (AvgIpc) is 3.22. The number of fused-ring (bicyclic) bond motifs is 2. The molecule has 3 heterocycles. The van der Waals surface area contributed by atoms with E-state index in [1.807, 2.05) is 6.07 Å². The fraction of sp³-hybridized carbons (Fsp3) is 0.571. The molecule has 0 spiro atoms. The van der Waals surface area contributed by atoms with Crippen molar-refractivity contribution in [3.63, 3.8) is 0 Å². The van der Waals surface area contributed by atoms with Crippen molar-refractivity contribution in [2.75, 3.05) is 32.1 Å². The summed E-state index contributed by atoms with van der Waals surface area (Å²) in [7, 11) is 1.39. The van der Waals surface area contributed by atoms with E-state index in [0.29, 0.717) is 37.2 Å². The molecule has 5 atom stereocenters. The molecule has 0 aliphatic carbocycles. The molecule has 10 nitrogen and oxygen atoms in total. The lowest BCUT2D eigenvalue weighted by atomic mass is 9.91. The van der Waals surface area contributed by atoms with Crippen molar-refractivity contribution >= 4 is 17.7 Å². The van der Waals surface area contributed by atoms with Crippen LogP contribution in [0, 0.1) is 17.2 Å². The van der Waals surface area contributed by atoms with Gasteiger partial charge in [0, 0.05) is 5.69 Å². The van der Waals surface area contributed by atoms with Crippen molar-refractivity contribution in [3.8, 4) is 6.07 Å². The van der Waals surface area contributed by atoms with Crippen LogP contribution in [0.5, 0.6) is 0 Å². The molecular weight excluding hydrogens is 404 g/mol. The summed E-state index contributed by atoms with van der Waals surface area (Å²) in [6.07, 6.45) is -0.694. The number of hydrogen-bond donors (Lipinski definition) is 3. The fourth-order valence-corrected chi connectivity index (χ4v) is 4.55. The molecule has 10 heteroatoms. The van der Waals surface area contributed by atoms with Crippen molar-refractivity contribution in [3.05, 3.63) is 29.8 Å². The quantitative estimate of drug-likeness (QED) is 0.586. The highest BCUT2D eigenvalue weighted by Crippen LogP contribution is 2.33. The van der Waals surface area contributed by atoms with E-state index in [-0.39, 0.29) is 18.5 Å². The number of methoxy groups -OCH3 is 1. The van der Waals surface area contributed by atoms with Crippen LogP contribution >= 0.6 is 0 Å². The number of aliphatic hydroxyl groups excluding tert-OH is 1. The van der Waals surface area contributed by atoms with Gasteiger partial charge in [0.1, 0.15) is 6.10 Å². The van der Waals surface area contributed by atoms with E-state index in [2.05, 4.69) is 15.5 Å². The van der Waals surface area contributed by atoms with E-state index in [1.165, 1.54) is 7.11 Å². The molecular formula is C21H26N4O6. The zero-order chi connectivity index (χ0) is 22.0. The van der Waals surface area contributed by atoms with E-state index in [1.54, 1.807) is 24.3 Å². The van der Waals surface area contributed by atoms with Crippen LogP contribution in [0.2, 0.25) is 0 Å². The monoisotopic (exact) mass is 430 g/mol. The number of nitrogens with zero attached hydrogens (tertiary/aromatic N) is 2. The Kier molecular flexibility index (Phi) is 6.38. The number of aliphatic hydroxyl groups is 1. The van der Waals surface area contributed by atoms with Gasteiger partial charge in [0.15, 0.2) is 6.29 Å². The number of carbonyl (C=O) groups excluding carboxylic acids is 2. The standard InChI is InChI=1S/C21H26N4O6/c1-29-19(27)13-5-7-25(8-6-13)17-18(26)16(15-11-30-20(17)31-15)24-21(28)23-14-4-2-3-12(9-14)10-22/h2-4,9,13,15-18,20,26H,5-8,11H2,1H3,(H2,23,24,28)/t15-,16-,17-,18+,20-/m1/s1. The van der Waals surface area contributed by atoms with Crippen LogP contribution in [-0.4, -0.2) is 79.4 Å². The van der Waals surface area contributed by atoms with Crippen LogP contribution in [0.15, 0.2) is 24.3 Å². The molecule has 3 N–H and O–H groups in total. The summed E-state index contributed by atoms with van der Waals surface area (Å²) in [6, 6.07) is 6.97. The maximum atomic E-state index is 12.6. The molecule has 166 valence electrons. The maximum absolute atomic E-state index is 12.6. The average molecular weight is 430 g/mol. The van der Waals surface area contributed by atoms with E-state index in [0.717, 1.165) is 0 Å². The number of benzene rings is 1. The van der Waals surface area contributed by atoms with E-state index < -0.39 is 36.6 Å². The third-order valence-corrected chi connectivity index (χ3v) is 6.16. The predicted octanol–water partition coefficient (Wildman–Crippen LogP) is 0.418. The number of rotatable bonds is 4. The first-order chi connectivity index (χ1) is 15.0. The van der Waals surface area contributed by atoms with Gasteiger partial charge in [-0.2, -0.15) is 5.26 Å². The minimum Gasteiger partial charge on any atom is -0.469 e. The smallest absolute Gasteiger partial charge is 0.319 e. The number of urea groups is 1. The Balaban J connectivity index is 1.40. The van der Waals surface area contributed by atoms with E-state index in [4.69, 9.17) is 19.5 Å². The number of likely N-dealkylation sites (tertiary alicyclic amines) is 1. The van der Waals surface area contributed by atoms with Crippen LogP contribution in [0.3, 0.4) is 0 Å². The van der Waals surface area contributed by atoms with Crippen molar-refractivity contribution in [2.45, 2.75) is 43.4 Å². The van der Waals surface area contributed by atoms with Crippen LogP contribution in [0.4, 0.5) is 10.5 Å². The summed E-state index contributed by atoms with van der Waals surface area (Å²) >= 11 is 0. The maximum Gasteiger partial charge on any atom is 0.319 e. The first-order valence-corrected chi connectivity index (χ1v) is 10.3. The molecule has 0 radical (unpaired) electrons. The van der Waals surface area contributed by atoms with Gasteiger partial charge >= 0.3 is 12.0 Å². The van der Waals surface area contributed by atoms with Gasteiger partial charge in [-0.05, 0) is 44.1 Å². The molecule has 1 aromatic rings. The number of piperidine rings is 1. The second kappa shape index (κ2) is 9.20. The topological polar surface area (TPSA) is 133 Å². The molecule has 1 aromatic carbocycles. The third-order valence-electron chi connectivity index (χ3n) is 6.16. The molecule has 0 aromatic heterocycles. The number of esters is 1. The lowest BCUT2D eigenvalue weighted by Crippen LogP contribution is -2.66. The van der Waals surface area contributed by atoms with Gasteiger partial charge in [-0.25, -0.2) is 4.79 Å². The molecule has 0 saturated carbocycles. The number of hydrogen-bond acceptors (Lipinski definition) is 8. The molecule has 4 rings (SSSR count). The summed E-state index contributed by atoms with van der Waals surface area (Å²) in [5, 5.41) is 25.6. The molecule has 3 aliphatic rings. The third kappa shape index (κ3) is 4.50. The zero-order valence-corrected chi connectivity index (χ0v) is 17.2. The van der Waals surface area contributed by atoms with Crippen molar-refractivity contribution in [1.82, 2.24) is 10.2 Å². The van der Waals surface area contributed by atoms with Crippen LogP contribution in [0.1, 0.15) is 18.4 Å². The zero-order valence-electron chi connectivity index (χ0n) is 17.2.